The van der Waals surface area contributed by atoms with Crippen molar-refractivity contribution in [3.05, 3.63) is 53.6 Å². The van der Waals surface area contributed by atoms with Crippen LogP contribution in [-0.4, -0.2) is 12.6 Å². The van der Waals surface area contributed by atoms with Gasteiger partial charge < -0.3 is 11.1 Å². The van der Waals surface area contributed by atoms with Crippen LogP contribution in [0.2, 0.25) is 5.02 Å². The van der Waals surface area contributed by atoms with Crippen molar-refractivity contribution in [1.29, 1.82) is 0 Å². The number of nitrogen functional groups attached to an aromatic ring is 1. The van der Waals surface area contributed by atoms with Gasteiger partial charge in [-0.15, -0.1) is 0 Å². The summed E-state index contributed by atoms with van der Waals surface area (Å²) in [4.78, 5) is 13.9. The van der Waals surface area contributed by atoms with Crippen LogP contribution in [0.1, 0.15) is 6.92 Å². The summed E-state index contributed by atoms with van der Waals surface area (Å²) in [6, 6.07) is 14.1. The van der Waals surface area contributed by atoms with Gasteiger partial charge >= 0.3 is 6.03 Å². The van der Waals surface area contributed by atoms with Crippen LogP contribution in [0.3, 0.4) is 0 Å². The summed E-state index contributed by atoms with van der Waals surface area (Å²) in [6.07, 6.45) is 0. The van der Waals surface area contributed by atoms with E-state index in [1.54, 1.807) is 29.2 Å². The average molecular weight is 290 g/mol. The molecule has 0 aliphatic rings. The molecule has 0 saturated carbocycles. The Morgan fingerprint density at radius 3 is 2.65 bits per heavy atom. The minimum absolute atomic E-state index is 0.244. The topological polar surface area (TPSA) is 58.4 Å². The van der Waals surface area contributed by atoms with Gasteiger partial charge in [0.05, 0.1) is 10.7 Å². The monoisotopic (exact) mass is 289 g/mol. The van der Waals surface area contributed by atoms with Crippen molar-refractivity contribution >= 4 is 34.7 Å². The zero-order valence-corrected chi connectivity index (χ0v) is 11.9. The Morgan fingerprint density at radius 2 is 2.00 bits per heavy atom. The van der Waals surface area contributed by atoms with Crippen LogP contribution in [0.5, 0.6) is 0 Å². The van der Waals surface area contributed by atoms with Crippen molar-refractivity contribution in [2.75, 3.05) is 22.5 Å². The van der Waals surface area contributed by atoms with Crippen LogP contribution in [0.15, 0.2) is 48.5 Å². The second kappa shape index (κ2) is 6.30. The van der Waals surface area contributed by atoms with Crippen LogP contribution in [0.25, 0.3) is 0 Å². The number of amides is 2. The molecule has 0 bridgehead atoms. The van der Waals surface area contributed by atoms with Gasteiger partial charge in [0.15, 0.2) is 0 Å². The normalized spacial score (nSPS) is 10.1. The number of carbonyl (C=O) groups excluding carboxylic acids is 1. The SMILES string of the molecule is CCN(C(=O)Nc1ccccc1Cl)c1cccc(N)c1. The minimum Gasteiger partial charge on any atom is -0.399 e. The molecule has 5 heteroatoms. The lowest BCUT2D eigenvalue weighted by Gasteiger charge is -2.22. The molecule has 0 aliphatic heterocycles. The molecule has 0 aliphatic carbocycles. The van der Waals surface area contributed by atoms with Gasteiger partial charge in [-0.25, -0.2) is 4.79 Å². The molecule has 104 valence electrons. The highest BCUT2D eigenvalue weighted by molar-refractivity contribution is 6.33. The van der Waals surface area contributed by atoms with E-state index >= 15 is 0 Å². The maximum Gasteiger partial charge on any atom is 0.326 e. The van der Waals surface area contributed by atoms with Gasteiger partial charge in [-0.3, -0.25) is 4.90 Å². The summed E-state index contributed by atoms with van der Waals surface area (Å²) in [7, 11) is 0. The molecule has 0 spiro atoms. The molecule has 0 heterocycles. The molecule has 4 nitrogen and oxygen atoms in total. The number of rotatable bonds is 3. The number of nitrogens with zero attached hydrogens (tertiary/aromatic N) is 1. The average Bonchev–Trinajstić information content (AvgIpc) is 2.42. The van der Waals surface area contributed by atoms with Crippen LogP contribution >= 0.6 is 11.6 Å². The Bertz CT molecular complexity index is 616. The molecule has 0 unspecified atom stereocenters. The summed E-state index contributed by atoms with van der Waals surface area (Å²) >= 11 is 6.03. The molecular formula is C15H16ClN3O. The van der Waals surface area contributed by atoms with E-state index in [1.165, 1.54) is 0 Å². The Hall–Kier alpha value is -2.20. The van der Waals surface area contributed by atoms with Crippen LogP contribution in [-0.2, 0) is 0 Å². The van der Waals surface area contributed by atoms with Crippen LogP contribution in [0, 0.1) is 0 Å². The first-order valence-electron chi connectivity index (χ1n) is 6.30. The van der Waals surface area contributed by atoms with Gasteiger partial charge in [0.2, 0.25) is 0 Å². The molecule has 0 atom stereocenters. The largest absolute Gasteiger partial charge is 0.399 e. The predicted octanol–water partition coefficient (Wildman–Crippen LogP) is 3.98. The van der Waals surface area contributed by atoms with E-state index in [0.29, 0.717) is 22.9 Å². The van der Waals surface area contributed by atoms with Crippen molar-refractivity contribution in [3.8, 4) is 0 Å². The highest BCUT2D eigenvalue weighted by Gasteiger charge is 2.15. The standard InChI is InChI=1S/C15H16ClN3O/c1-2-19(12-7-5-6-11(17)10-12)15(20)18-14-9-4-3-8-13(14)16/h3-10H,2,17H2,1H3,(H,18,20). The van der Waals surface area contributed by atoms with Gasteiger partial charge in [0.1, 0.15) is 0 Å². The van der Waals surface area contributed by atoms with Gasteiger partial charge in [-0.05, 0) is 37.3 Å². The van der Waals surface area contributed by atoms with E-state index in [4.69, 9.17) is 17.3 Å². The number of carbonyl (C=O) groups is 1. The lowest BCUT2D eigenvalue weighted by Crippen LogP contribution is -2.34. The first-order valence-corrected chi connectivity index (χ1v) is 6.68. The number of urea groups is 1. The Morgan fingerprint density at radius 1 is 1.25 bits per heavy atom. The third-order valence-corrected chi connectivity index (χ3v) is 3.19. The number of anilines is 3. The quantitative estimate of drug-likeness (QED) is 0.840. The van der Waals surface area contributed by atoms with E-state index < -0.39 is 0 Å². The zero-order valence-electron chi connectivity index (χ0n) is 11.1. The second-order valence-electron chi connectivity index (χ2n) is 4.25. The van der Waals surface area contributed by atoms with Crippen molar-refractivity contribution in [1.82, 2.24) is 0 Å². The van der Waals surface area contributed by atoms with Crippen molar-refractivity contribution in [2.24, 2.45) is 0 Å². The van der Waals surface area contributed by atoms with Gasteiger partial charge in [-0.2, -0.15) is 0 Å². The van der Waals surface area contributed by atoms with Gasteiger partial charge in [0.25, 0.3) is 0 Å². The third-order valence-electron chi connectivity index (χ3n) is 2.86. The smallest absolute Gasteiger partial charge is 0.326 e. The number of hydrogen-bond donors (Lipinski definition) is 2. The number of halogens is 1. The number of hydrogen-bond acceptors (Lipinski definition) is 2. The maximum atomic E-state index is 12.3. The first-order chi connectivity index (χ1) is 9.61. The predicted molar refractivity (Wildman–Crippen MR) is 84.3 cm³/mol. The fraction of sp³-hybridized carbons (Fsp3) is 0.133. The van der Waals surface area contributed by atoms with Crippen molar-refractivity contribution < 1.29 is 4.79 Å². The van der Waals surface area contributed by atoms with E-state index in [1.807, 2.05) is 31.2 Å². The molecule has 0 saturated heterocycles. The minimum atomic E-state index is -0.244. The van der Waals surface area contributed by atoms with E-state index in [0.717, 1.165) is 5.69 Å². The molecule has 0 aromatic heterocycles. The summed E-state index contributed by atoms with van der Waals surface area (Å²) in [6.45, 7) is 2.43. The molecular weight excluding hydrogens is 274 g/mol. The number of para-hydroxylation sites is 1. The Kier molecular flexibility index (Phi) is 4.48. The van der Waals surface area contributed by atoms with E-state index in [-0.39, 0.29) is 6.03 Å². The summed E-state index contributed by atoms with van der Waals surface area (Å²) in [5.74, 6) is 0. The maximum absolute atomic E-state index is 12.3. The Labute approximate surface area is 123 Å². The summed E-state index contributed by atoms with van der Waals surface area (Å²) in [5.41, 5.74) is 7.70. The second-order valence-corrected chi connectivity index (χ2v) is 4.66. The number of nitrogens with two attached hydrogens (primary N) is 1. The first kappa shape index (κ1) is 14.2. The fourth-order valence-corrected chi connectivity index (χ4v) is 2.06. The van der Waals surface area contributed by atoms with Crippen molar-refractivity contribution in [2.45, 2.75) is 6.92 Å². The molecule has 2 rings (SSSR count). The molecule has 20 heavy (non-hydrogen) atoms. The van der Waals surface area contributed by atoms with E-state index in [9.17, 15) is 4.79 Å². The molecule has 0 radical (unpaired) electrons. The van der Waals surface area contributed by atoms with E-state index in [2.05, 4.69) is 5.32 Å². The van der Waals surface area contributed by atoms with Crippen LogP contribution in [0.4, 0.5) is 21.9 Å². The van der Waals surface area contributed by atoms with Crippen LogP contribution < -0.4 is 16.0 Å². The molecule has 2 aromatic rings. The number of nitrogens with one attached hydrogen (secondary N) is 1. The molecule has 2 amide bonds. The molecule has 3 N–H and O–H groups in total. The highest BCUT2D eigenvalue weighted by Crippen LogP contribution is 2.23. The summed E-state index contributed by atoms with van der Waals surface area (Å²) in [5, 5.41) is 3.30. The third kappa shape index (κ3) is 3.22. The fourth-order valence-electron chi connectivity index (χ4n) is 1.88. The lowest BCUT2D eigenvalue weighted by molar-refractivity contribution is 0.257. The molecule has 2 aromatic carbocycles. The van der Waals surface area contributed by atoms with Crippen molar-refractivity contribution in [3.63, 3.8) is 0 Å². The molecule has 0 fully saturated rings. The lowest BCUT2D eigenvalue weighted by atomic mass is 10.2. The highest BCUT2D eigenvalue weighted by atomic mass is 35.5. The van der Waals surface area contributed by atoms with Gasteiger partial charge in [-0.1, -0.05) is 29.8 Å². The zero-order chi connectivity index (χ0) is 14.5. The van der Waals surface area contributed by atoms with Gasteiger partial charge in [0, 0.05) is 17.9 Å². The Balaban J connectivity index is 2.20. The summed E-state index contributed by atoms with van der Waals surface area (Å²) < 4.78 is 0. The number of benzene rings is 2.